The summed E-state index contributed by atoms with van der Waals surface area (Å²) >= 11 is 0. The normalized spacial score (nSPS) is 18.1. The van der Waals surface area contributed by atoms with Crippen LogP contribution in [0.5, 0.6) is 0 Å². The number of hydrogen-bond acceptors (Lipinski definition) is 2. The number of aromatic nitrogens is 1. The van der Waals surface area contributed by atoms with Gasteiger partial charge in [-0.2, -0.15) is 0 Å². The summed E-state index contributed by atoms with van der Waals surface area (Å²) in [5.41, 5.74) is 0.680. The number of carboxylic acids is 1. The van der Waals surface area contributed by atoms with Crippen molar-refractivity contribution in [3.05, 3.63) is 29.3 Å². The molecule has 1 fully saturated rings. The van der Waals surface area contributed by atoms with Crippen molar-refractivity contribution in [1.82, 2.24) is 4.98 Å². The molecule has 19 heavy (non-hydrogen) atoms. The van der Waals surface area contributed by atoms with E-state index in [-0.39, 0.29) is 18.2 Å². The monoisotopic (exact) mass is 265 g/mol. The predicted octanol–water partition coefficient (Wildman–Crippen LogP) is 3.63. The zero-order chi connectivity index (χ0) is 14.0. The molecule has 0 radical (unpaired) electrons. The Morgan fingerprint density at radius 1 is 1.58 bits per heavy atom. The van der Waals surface area contributed by atoms with Gasteiger partial charge in [0.1, 0.15) is 5.82 Å². The van der Waals surface area contributed by atoms with Crippen LogP contribution in [0.3, 0.4) is 0 Å². The quantitative estimate of drug-likeness (QED) is 0.854. The maximum atomic E-state index is 14.2. The minimum absolute atomic E-state index is 0.0270. The highest BCUT2D eigenvalue weighted by molar-refractivity contribution is 5.69. The van der Waals surface area contributed by atoms with Crippen LogP contribution in [0, 0.1) is 5.82 Å². The summed E-state index contributed by atoms with van der Waals surface area (Å²) in [5, 5.41) is 8.90. The zero-order valence-corrected chi connectivity index (χ0v) is 11.4. The molecule has 0 bridgehead atoms. The van der Waals surface area contributed by atoms with Crippen LogP contribution in [0.25, 0.3) is 0 Å². The van der Waals surface area contributed by atoms with Crippen molar-refractivity contribution in [2.45, 2.75) is 57.3 Å². The molecule has 1 saturated carbocycles. The van der Waals surface area contributed by atoms with Gasteiger partial charge in [0.2, 0.25) is 0 Å². The summed E-state index contributed by atoms with van der Waals surface area (Å²) in [4.78, 5) is 15.1. The molecule has 1 heterocycles. The molecule has 0 saturated heterocycles. The van der Waals surface area contributed by atoms with Crippen molar-refractivity contribution in [1.29, 1.82) is 0 Å². The molecule has 1 unspecified atom stereocenters. The molecule has 0 aromatic carbocycles. The van der Waals surface area contributed by atoms with Gasteiger partial charge < -0.3 is 5.11 Å². The predicted molar refractivity (Wildman–Crippen MR) is 70.7 cm³/mol. The van der Waals surface area contributed by atoms with E-state index in [0.717, 1.165) is 18.4 Å². The van der Waals surface area contributed by atoms with Gasteiger partial charge in [0, 0.05) is 11.6 Å². The molecule has 4 heteroatoms. The Morgan fingerprint density at radius 2 is 2.26 bits per heavy atom. The van der Waals surface area contributed by atoms with E-state index in [4.69, 9.17) is 5.11 Å². The highest BCUT2D eigenvalue weighted by atomic mass is 19.1. The van der Waals surface area contributed by atoms with Crippen LogP contribution in [-0.2, 0) is 10.2 Å². The first-order chi connectivity index (χ1) is 8.98. The Morgan fingerprint density at radius 3 is 2.74 bits per heavy atom. The molecule has 1 aliphatic carbocycles. The molecule has 1 N–H and O–H groups in total. The van der Waals surface area contributed by atoms with Crippen LogP contribution in [-0.4, -0.2) is 16.1 Å². The SMILES string of the molecule is CCCC(C)c1cnc(C2(CC(=O)O)CC2)c(F)c1. The number of carbonyl (C=O) groups is 1. The minimum Gasteiger partial charge on any atom is -0.481 e. The first-order valence-electron chi connectivity index (χ1n) is 6.86. The van der Waals surface area contributed by atoms with E-state index in [1.807, 2.05) is 0 Å². The second-order valence-electron chi connectivity index (χ2n) is 5.64. The third kappa shape index (κ3) is 2.94. The van der Waals surface area contributed by atoms with Crippen LogP contribution in [0.2, 0.25) is 0 Å². The van der Waals surface area contributed by atoms with E-state index in [9.17, 15) is 9.18 Å². The number of aliphatic carboxylic acids is 1. The summed E-state index contributed by atoms with van der Waals surface area (Å²) in [6.45, 7) is 4.16. The number of carboxylic acid groups (broad SMARTS) is 1. The second kappa shape index (κ2) is 5.27. The highest BCUT2D eigenvalue weighted by Gasteiger charge is 2.49. The Balaban J connectivity index is 2.22. The van der Waals surface area contributed by atoms with Gasteiger partial charge >= 0.3 is 5.97 Å². The lowest BCUT2D eigenvalue weighted by atomic mass is 9.93. The highest BCUT2D eigenvalue weighted by Crippen LogP contribution is 2.51. The van der Waals surface area contributed by atoms with E-state index in [0.29, 0.717) is 18.5 Å². The summed E-state index contributed by atoms with van der Waals surface area (Å²) in [7, 11) is 0. The summed E-state index contributed by atoms with van der Waals surface area (Å²) in [6, 6.07) is 1.53. The van der Waals surface area contributed by atoms with Crippen molar-refractivity contribution in [2.24, 2.45) is 0 Å². The maximum Gasteiger partial charge on any atom is 0.304 e. The van der Waals surface area contributed by atoms with Gasteiger partial charge in [0.05, 0.1) is 12.1 Å². The second-order valence-corrected chi connectivity index (χ2v) is 5.64. The zero-order valence-electron chi connectivity index (χ0n) is 11.4. The number of nitrogens with zero attached hydrogens (tertiary/aromatic N) is 1. The number of hydrogen-bond donors (Lipinski definition) is 1. The van der Waals surface area contributed by atoms with Crippen LogP contribution in [0.15, 0.2) is 12.3 Å². The third-order valence-corrected chi connectivity index (χ3v) is 4.00. The topological polar surface area (TPSA) is 50.2 Å². The van der Waals surface area contributed by atoms with E-state index < -0.39 is 11.4 Å². The Hall–Kier alpha value is -1.45. The summed E-state index contributed by atoms with van der Waals surface area (Å²) in [6.07, 6.45) is 5.16. The van der Waals surface area contributed by atoms with Gasteiger partial charge in [-0.15, -0.1) is 0 Å². The number of rotatable bonds is 6. The lowest BCUT2D eigenvalue weighted by molar-refractivity contribution is -0.137. The van der Waals surface area contributed by atoms with Gasteiger partial charge in [0.15, 0.2) is 0 Å². The Bertz CT molecular complexity index is 483. The van der Waals surface area contributed by atoms with E-state index in [1.54, 1.807) is 6.20 Å². The van der Waals surface area contributed by atoms with Crippen molar-refractivity contribution < 1.29 is 14.3 Å². The largest absolute Gasteiger partial charge is 0.481 e. The van der Waals surface area contributed by atoms with E-state index in [1.165, 1.54) is 6.07 Å². The smallest absolute Gasteiger partial charge is 0.304 e. The molecule has 1 aliphatic rings. The van der Waals surface area contributed by atoms with Crippen molar-refractivity contribution in [2.75, 3.05) is 0 Å². The lowest BCUT2D eigenvalue weighted by Crippen LogP contribution is -2.17. The number of pyridine rings is 1. The van der Waals surface area contributed by atoms with Gasteiger partial charge in [-0.1, -0.05) is 20.3 Å². The Labute approximate surface area is 112 Å². The molecule has 1 atom stereocenters. The van der Waals surface area contributed by atoms with Crippen molar-refractivity contribution in [3.63, 3.8) is 0 Å². The third-order valence-electron chi connectivity index (χ3n) is 4.00. The van der Waals surface area contributed by atoms with Gasteiger partial charge in [0.25, 0.3) is 0 Å². The van der Waals surface area contributed by atoms with Gasteiger partial charge in [-0.05, 0) is 36.8 Å². The average Bonchev–Trinajstić information content (AvgIpc) is 3.08. The average molecular weight is 265 g/mol. The van der Waals surface area contributed by atoms with E-state index in [2.05, 4.69) is 18.8 Å². The first-order valence-corrected chi connectivity index (χ1v) is 6.86. The fourth-order valence-electron chi connectivity index (χ4n) is 2.65. The standard InChI is InChI=1S/C15H20FNO2/c1-3-4-10(2)11-7-12(16)14(17-9-11)15(5-6-15)8-13(18)19/h7,9-10H,3-6,8H2,1-2H3,(H,18,19). The lowest BCUT2D eigenvalue weighted by Gasteiger charge is -2.16. The fraction of sp³-hybridized carbons (Fsp3) is 0.600. The van der Waals surface area contributed by atoms with Gasteiger partial charge in [-0.3, -0.25) is 9.78 Å². The molecule has 0 amide bonds. The molecule has 1 aromatic rings. The molecule has 0 spiro atoms. The first kappa shape index (κ1) is 14.0. The molecule has 3 nitrogen and oxygen atoms in total. The number of halogens is 1. The molecule has 2 rings (SSSR count). The minimum atomic E-state index is -0.887. The van der Waals surface area contributed by atoms with Crippen LogP contribution in [0.4, 0.5) is 4.39 Å². The molecule has 104 valence electrons. The Kier molecular flexibility index (Phi) is 3.88. The van der Waals surface area contributed by atoms with Gasteiger partial charge in [-0.25, -0.2) is 4.39 Å². The maximum absolute atomic E-state index is 14.2. The van der Waals surface area contributed by atoms with Crippen molar-refractivity contribution in [3.8, 4) is 0 Å². The van der Waals surface area contributed by atoms with E-state index >= 15 is 0 Å². The van der Waals surface area contributed by atoms with Crippen LogP contribution in [0.1, 0.15) is 63.1 Å². The summed E-state index contributed by atoms with van der Waals surface area (Å²) in [5.74, 6) is -0.947. The summed E-state index contributed by atoms with van der Waals surface area (Å²) < 4.78 is 14.2. The van der Waals surface area contributed by atoms with Crippen LogP contribution >= 0.6 is 0 Å². The van der Waals surface area contributed by atoms with Crippen molar-refractivity contribution >= 4 is 5.97 Å². The fourth-order valence-corrected chi connectivity index (χ4v) is 2.65. The molecule has 0 aliphatic heterocycles. The molecule has 1 aromatic heterocycles. The molecular weight excluding hydrogens is 245 g/mol. The molecular formula is C15H20FNO2. The van der Waals surface area contributed by atoms with Crippen LogP contribution < -0.4 is 0 Å².